The maximum absolute atomic E-state index is 13.9. The highest BCUT2D eigenvalue weighted by Crippen LogP contribution is 2.37. The quantitative estimate of drug-likeness (QED) is 0.428. The molecule has 0 amide bonds. The van der Waals surface area contributed by atoms with Crippen molar-refractivity contribution in [1.29, 1.82) is 0 Å². The number of methoxy groups -OCH3 is 1. The third-order valence-electron chi connectivity index (χ3n) is 6.05. The van der Waals surface area contributed by atoms with Crippen molar-refractivity contribution in [2.24, 2.45) is 0 Å². The van der Waals surface area contributed by atoms with E-state index in [2.05, 4.69) is 15.1 Å². The Bertz CT molecular complexity index is 1420. The summed E-state index contributed by atoms with van der Waals surface area (Å²) in [5.41, 5.74) is 0.656. The maximum atomic E-state index is 13.9. The van der Waals surface area contributed by atoms with Crippen LogP contribution in [0.25, 0.3) is 17.8 Å². The summed E-state index contributed by atoms with van der Waals surface area (Å²) in [5.74, 6) is -3.20. The summed E-state index contributed by atoms with van der Waals surface area (Å²) in [6.07, 6.45) is 7.75. The molecular weight excluding hydrogens is 459 g/mol. The van der Waals surface area contributed by atoms with Crippen molar-refractivity contribution >= 4 is 12.2 Å². The Morgan fingerprint density at radius 1 is 1.11 bits per heavy atom. The lowest BCUT2D eigenvalue weighted by atomic mass is 9.86. The molecule has 35 heavy (non-hydrogen) atoms. The van der Waals surface area contributed by atoms with Gasteiger partial charge in [0.25, 0.3) is 0 Å². The van der Waals surface area contributed by atoms with Gasteiger partial charge in [-0.1, -0.05) is 12.1 Å². The topological polar surface area (TPSA) is 78.0 Å². The van der Waals surface area contributed by atoms with E-state index in [1.165, 1.54) is 4.68 Å². The molecule has 0 bridgehead atoms. The average Bonchev–Trinajstić information content (AvgIpc) is 3.47. The Labute approximate surface area is 199 Å². The SMILES string of the molecule is COc1cc(/C=C/c2nc3n(n2)CCCC3(O)c2cc(F)c(F)c(F)c2)ccc1-n1cnc(C)c1. The van der Waals surface area contributed by atoms with E-state index in [9.17, 15) is 18.3 Å². The van der Waals surface area contributed by atoms with Gasteiger partial charge in [0.15, 0.2) is 29.1 Å². The van der Waals surface area contributed by atoms with Crippen LogP contribution in [0.2, 0.25) is 0 Å². The lowest BCUT2D eigenvalue weighted by Crippen LogP contribution is -2.36. The molecule has 5 rings (SSSR count). The van der Waals surface area contributed by atoms with Gasteiger partial charge < -0.3 is 14.4 Å². The van der Waals surface area contributed by atoms with Gasteiger partial charge in [0.1, 0.15) is 11.4 Å². The molecule has 1 aliphatic rings. The molecule has 1 N–H and O–H groups in total. The minimum Gasteiger partial charge on any atom is -0.495 e. The number of hydrogen-bond donors (Lipinski definition) is 1. The molecule has 2 aromatic carbocycles. The van der Waals surface area contributed by atoms with Gasteiger partial charge in [0.2, 0.25) is 0 Å². The van der Waals surface area contributed by atoms with Crippen LogP contribution in [-0.4, -0.2) is 36.5 Å². The number of hydrogen-bond acceptors (Lipinski definition) is 5. The highest BCUT2D eigenvalue weighted by atomic mass is 19.2. The fraction of sp³-hybridized carbons (Fsp3) is 0.240. The van der Waals surface area contributed by atoms with Crippen LogP contribution in [0, 0.1) is 24.4 Å². The van der Waals surface area contributed by atoms with Crippen molar-refractivity contribution in [2.75, 3.05) is 7.11 Å². The van der Waals surface area contributed by atoms with Crippen molar-refractivity contribution in [2.45, 2.75) is 31.9 Å². The predicted molar refractivity (Wildman–Crippen MR) is 122 cm³/mol. The average molecular weight is 481 g/mol. The number of ether oxygens (including phenoxy) is 1. The standard InChI is InChI=1S/C25H22F3N5O2/c1-15-13-32(14-29-15)20-6-4-16(10-21(20)35-2)5-7-22-30-24-25(34,8-3-9-33(24)31-22)17-11-18(26)23(28)19(27)12-17/h4-7,10-14,34H,3,8-9H2,1-2H3/b7-5+. The molecule has 3 heterocycles. The summed E-state index contributed by atoms with van der Waals surface area (Å²) < 4.78 is 50.1. The van der Waals surface area contributed by atoms with Crippen molar-refractivity contribution in [3.63, 3.8) is 0 Å². The highest BCUT2D eigenvalue weighted by molar-refractivity contribution is 5.69. The van der Waals surface area contributed by atoms with E-state index in [-0.39, 0.29) is 17.8 Å². The van der Waals surface area contributed by atoms with Crippen LogP contribution in [0.3, 0.4) is 0 Å². The summed E-state index contributed by atoms with van der Waals surface area (Å²) in [7, 11) is 1.59. The highest BCUT2D eigenvalue weighted by Gasteiger charge is 2.40. The zero-order valence-electron chi connectivity index (χ0n) is 19.0. The summed E-state index contributed by atoms with van der Waals surface area (Å²) in [4.78, 5) is 8.66. The molecule has 10 heteroatoms. The fourth-order valence-corrected chi connectivity index (χ4v) is 4.29. The van der Waals surface area contributed by atoms with Gasteiger partial charge in [-0.05, 0) is 61.2 Å². The van der Waals surface area contributed by atoms with Crippen molar-refractivity contribution in [3.8, 4) is 11.4 Å². The second kappa shape index (κ2) is 8.70. The number of aromatic nitrogens is 5. The molecule has 0 spiro atoms. The Hall–Kier alpha value is -3.92. The molecule has 0 fully saturated rings. The first kappa shape index (κ1) is 22.9. The van der Waals surface area contributed by atoms with E-state index in [4.69, 9.17) is 4.74 Å². The van der Waals surface area contributed by atoms with E-state index in [1.54, 1.807) is 25.6 Å². The molecule has 0 radical (unpaired) electrons. The molecule has 1 aliphatic heterocycles. The minimum absolute atomic E-state index is 0.104. The molecule has 0 saturated carbocycles. The number of aliphatic hydroxyl groups is 1. The van der Waals surface area contributed by atoms with Crippen molar-refractivity contribution < 1.29 is 23.0 Å². The van der Waals surface area contributed by atoms with Gasteiger partial charge in [-0.2, -0.15) is 5.10 Å². The van der Waals surface area contributed by atoms with E-state index in [0.29, 0.717) is 24.5 Å². The van der Waals surface area contributed by atoms with E-state index < -0.39 is 23.1 Å². The van der Waals surface area contributed by atoms with Crippen LogP contribution in [0.1, 0.15) is 41.3 Å². The van der Waals surface area contributed by atoms with Crippen LogP contribution >= 0.6 is 0 Å². The Balaban J connectivity index is 1.45. The molecular formula is C25H22F3N5O2. The summed E-state index contributed by atoms with van der Waals surface area (Å²) >= 11 is 0. The molecule has 2 aromatic heterocycles. The number of imidazole rings is 1. The van der Waals surface area contributed by atoms with Gasteiger partial charge in [-0.3, -0.25) is 0 Å². The van der Waals surface area contributed by atoms with Crippen LogP contribution in [0.5, 0.6) is 5.75 Å². The molecule has 0 saturated heterocycles. The lowest BCUT2D eigenvalue weighted by molar-refractivity contribution is 0.0387. The number of fused-ring (bicyclic) bond motifs is 1. The van der Waals surface area contributed by atoms with Gasteiger partial charge in [0, 0.05) is 12.7 Å². The van der Waals surface area contributed by atoms with Crippen LogP contribution in [-0.2, 0) is 12.1 Å². The second-order valence-electron chi connectivity index (χ2n) is 8.42. The molecule has 180 valence electrons. The van der Waals surface area contributed by atoms with Gasteiger partial charge in [-0.25, -0.2) is 27.8 Å². The monoisotopic (exact) mass is 481 g/mol. The zero-order chi connectivity index (χ0) is 24.7. The molecule has 1 unspecified atom stereocenters. The fourth-order valence-electron chi connectivity index (χ4n) is 4.29. The normalized spacial score (nSPS) is 17.7. The minimum atomic E-state index is -1.79. The van der Waals surface area contributed by atoms with Gasteiger partial charge in [0.05, 0.1) is 24.8 Å². The first-order valence-corrected chi connectivity index (χ1v) is 11.0. The first-order valence-electron chi connectivity index (χ1n) is 11.0. The van der Waals surface area contributed by atoms with Crippen LogP contribution in [0.15, 0.2) is 42.9 Å². The summed E-state index contributed by atoms with van der Waals surface area (Å²) in [5, 5.41) is 15.7. The Kier molecular flexibility index (Phi) is 5.68. The maximum Gasteiger partial charge on any atom is 0.194 e. The van der Waals surface area contributed by atoms with Crippen LogP contribution < -0.4 is 4.74 Å². The first-order chi connectivity index (χ1) is 16.8. The number of halogens is 3. The number of nitrogens with zero attached hydrogens (tertiary/aromatic N) is 5. The predicted octanol–water partition coefficient (Wildman–Crippen LogP) is 4.40. The van der Waals surface area contributed by atoms with Crippen LogP contribution in [0.4, 0.5) is 13.2 Å². The molecule has 1 atom stereocenters. The molecule has 0 aliphatic carbocycles. The number of benzene rings is 2. The molecule has 7 nitrogen and oxygen atoms in total. The second-order valence-corrected chi connectivity index (χ2v) is 8.42. The lowest BCUT2D eigenvalue weighted by Gasteiger charge is -2.31. The summed E-state index contributed by atoms with van der Waals surface area (Å²) in [6.45, 7) is 2.39. The Morgan fingerprint density at radius 2 is 1.89 bits per heavy atom. The third kappa shape index (κ3) is 4.10. The van der Waals surface area contributed by atoms with Gasteiger partial charge >= 0.3 is 0 Å². The third-order valence-corrected chi connectivity index (χ3v) is 6.05. The van der Waals surface area contributed by atoms with E-state index in [0.717, 1.165) is 29.1 Å². The number of aryl methyl sites for hydroxylation is 2. The number of rotatable bonds is 5. The van der Waals surface area contributed by atoms with Crippen molar-refractivity contribution in [1.82, 2.24) is 24.3 Å². The largest absolute Gasteiger partial charge is 0.495 e. The van der Waals surface area contributed by atoms with E-state index in [1.807, 2.05) is 35.9 Å². The van der Waals surface area contributed by atoms with Gasteiger partial charge in [-0.15, -0.1) is 0 Å². The van der Waals surface area contributed by atoms with E-state index >= 15 is 0 Å². The molecule has 4 aromatic rings. The zero-order valence-corrected chi connectivity index (χ0v) is 19.0. The Morgan fingerprint density at radius 3 is 2.57 bits per heavy atom. The van der Waals surface area contributed by atoms with Crippen molar-refractivity contribution in [3.05, 3.63) is 88.8 Å². The smallest absolute Gasteiger partial charge is 0.194 e. The summed E-state index contributed by atoms with van der Waals surface area (Å²) in [6, 6.07) is 7.26.